The first-order chi connectivity index (χ1) is 8.65. The summed E-state index contributed by atoms with van der Waals surface area (Å²) in [6.07, 6.45) is 0. The number of anilines is 2. The van der Waals surface area contributed by atoms with Crippen molar-refractivity contribution in [2.75, 3.05) is 11.5 Å². The summed E-state index contributed by atoms with van der Waals surface area (Å²) in [5, 5.41) is 0. The molecule has 0 aliphatic rings. The molecule has 0 bridgehead atoms. The predicted octanol–water partition coefficient (Wildman–Crippen LogP) is 2.21. The molecule has 92 valence electrons. The molecule has 0 atom stereocenters. The number of nitrogens with two attached hydrogens (primary N) is 2. The van der Waals surface area contributed by atoms with Gasteiger partial charge in [0.25, 0.3) is 0 Å². The summed E-state index contributed by atoms with van der Waals surface area (Å²) in [4.78, 5) is 11.7. The molecule has 0 aliphatic heterocycles. The van der Waals surface area contributed by atoms with Crippen LogP contribution < -0.4 is 11.5 Å². The second kappa shape index (κ2) is 5.23. The van der Waals surface area contributed by atoms with Crippen molar-refractivity contribution < 1.29 is 9.53 Å². The molecule has 0 saturated heterocycles. The molecular formula is C14H14N2O2. The Hall–Kier alpha value is -2.49. The number of esters is 1. The lowest BCUT2D eigenvalue weighted by molar-refractivity contribution is 0.0473. The molecule has 0 aromatic heterocycles. The average molecular weight is 242 g/mol. The third-order valence-electron chi connectivity index (χ3n) is 2.47. The van der Waals surface area contributed by atoms with Gasteiger partial charge in [-0.1, -0.05) is 12.1 Å². The lowest BCUT2D eigenvalue weighted by Crippen LogP contribution is -2.05. The maximum absolute atomic E-state index is 11.7. The van der Waals surface area contributed by atoms with E-state index in [1.54, 1.807) is 36.4 Å². The first-order valence-corrected chi connectivity index (χ1v) is 5.52. The molecule has 4 nitrogen and oxygen atoms in total. The molecule has 0 heterocycles. The molecular weight excluding hydrogens is 228 g/mol. The molecule has 0 fully saturated rings. The minimum atomic E-state index is -0.377. The normalized spacial score (nSPS) is 10.0. The lowest BCUT2D eigenvalue weighted by Gasteiger charge is -2.05. The van der Waals surface area contributed by atoms with Crippen molar-refractivity contribution in [3.63, 3.8) is 0 Å². The molecule has 18 heavy (non-hydrogen) atoms. The predicted molar refractivity (Wildman–Crippen MR) is 70.8 cm³/mol. The van der Waals surface area contributed by atoms with Gasteiger partial charge in [0.2, 0.25) is 0 Å². The van der Waals surface area contributed by atoms with Gasteiger partial charge in [-0.15, -0.1) is 0 Å². The molecule has 2 aromatic rings. The van der Waals surface area contributed by atoms with Gasteiger partial charge in [0.1, 0.15) is 6.61 Å². The zero-order valence-corrected chi connectivity index (χ0v) is 9.80. The van der Waals surface area contributed by atoms with Crippen molar-refractivity contribution in [3.8, 4) is 0 Å². The van der Waals surface area contributed by atoms with E-state index in [2.05, 4.69) is 0 Å². The van der Waals surface area contributed by atoms with Crippen LogP contribution in [0.4, 0.5) is 11.4 Å². The zero-order valence-electron chi connectivity index (χ0n) is 9.80. The fourth-order valence-electron chi connectivity index (χ4n) is 1.53. The van der Waals surface area contributed by atoms with Gasteiger partial charge in [0.15, 0.2) is 0 Å². The molecule has 4 N–H and O–H groups in total. The van der Waals surface area contributed by atoms with Crippen molar-refractivity contribution in [1.29, 1.82) is 0 Å². The van der Waals surface area contributed by atoms with Gasteiger partial charge in [0.05, 0.1) is 5.56 Å². The summed E-state index contributed by atoms with van der Waals surface area (Å²) in [5.41, 5.74) is 13.8. The average Bonchev–Trinajstić information content (AvgIpc) is 2.37. The number of benzene rings is 2. The Morgan fingerprint density at radius 2 is 1.72 bits per heavy atom. The van der Waals surface area contributed by atoms with Crippen LogP contribution in [0.2, 0.25) is 0 Å². The first kappa shape index (κ1) is 12.0. The van der Waals surface area contributed by atoms with E-state index in [4.69, 9.17) is 16.2 Å². The highest BCUT2D eigenvalue weighted by Gasteiger charge is 2.06. The third kappa shape index (κ3) is 3.01. The molecule has 0 saturated carbocycles. The second-order valence-electron chi connectivity index (χ2n) is 3.94. The molecule has 0 amide bonds. The molecule has 2 aromatic carbocycles. The van der Waals surface area contributed by atoms with E-state index in [1.165, 1.54) is 0 Å². The Bertz CT molecular complexity index is 550. The zero-order chi connectivity index (χ0) is 13.0. The van der Waals surface area contributed by atoms with Gasteiger partial charge >= 0.3 is 5.97 Å². The van der Waals surface area contributed by atoms with Crippen molar-refractivity contribution in [2.24, 2.45) is 0 Å². The van der Waals surface area contributed by atoms with Crippen LogP contribution in [0.3, 0.4) is 0 Å². The highest BCUT2D eigenvalue weighted by Crippen LogP contribution is 2.11. The van der Waals surface area contributed by atoms with Crippen LogP contribution in [0, 0.1) is 0 Å². The minimum absolute atomic E-state index is 0.203. The van der Waals surface area contributed by atoms with Gasteiger partial charge in [-0.3, -0.25) is 0 Å². The van der Waals surface area contributed by atoms with E-state index in [0.29, 0.717) is 16.9 Å². The third-order valence-corrected chi connectivity index (χ3v) is 2.47. The Kier molecular flexibility index (Phi) is 3.48. The highest BCUT2D eigenvalue weighted by molar-refractivity contribution is 5.89. The van der Waals surface area contributed by atoms with Crippen LogP contribution in [-0.4, -0.2) is 5.97 Å². The number of nitrogen functional groups attached to an aromatic ring is 2. The molecule has 0 unspecified atom stereocenters. The van der Waals surface area contributed by atoms with Gasteiger partial charge in [-0.25, -0.2) is 4.79 Å². The van der Waals surface area contributed by atoms with E-state index in [0.717, 1.165) is 5.56 Å². The van der Waals surface area contributed by atoms with E-state index in [1.807, 2.05) is 12.1 Å². The standard InChI is InChI=1S/C14H14N2O2/c15-12-6-4-11(5-7-12)14(17)18-9-10-2-1-3-13(16)8-10/h1-8H,9,15-16H2. The number of carbonyl (C=O) groups excluding carboxylic acids is 1. The number of carbonyl (C=O) groups is 1. The Morgan fingerprint density at radius 1 is 1.00 bits per heavy atom. The van der Waals surface area contributed by atoms with Crippen molar-refractivity contribution >= 4 is 17.3 Å². The van der Waals surface area contributed by atoms with E-state index >= 15 is 0 Å². The summed E-state index contributed by atoms with van der Waals surface area (Å²) in [6.45, 7) is 0.203. The summed E-state index contributed by atoms with van der Waals surface area (Å²) >= 11 is 0. The molecule has 2 rings (SSSR count). The van der Waals surface area contributed by atoms with Gasteiger partial charge in [-0.05, 0) is 42.0 Å². The first-order valence-electron chi connectivity index (χ1n) is 5.52. The fourth-order valence-corrected chi connectivity index (χ4v) is 1.53. The molecule has 0 aliphatic carbocycles. The van der Waals surface area contributed by atoms with Crippen LogP contribution in [0.25, 0.3) is 0 Å². The maximum atomic E-state index is 11.7. The summed E-state index contributed by atoms with van der Waals surface area (Å²) in [6, 6.07) is 13.8. The molecule has 4 heteroatoms. The van der Waals surface area contributed by atoms with Crippen LogP contribution in [0.1, 0.15) is 15.9 Å². The van der Waals surface area contributed by atoms with Gasteiger partial charge < -0.3 is 16.2 Å². The van der Waals surface area contributed by atoms with Gasteiger partial charge in [0, 0.05) is 11.4 Å². The van der Waals surface area contributed by atoms with Crippen LogP contribution >= 0.6 is 0 Å². The SMILES string of the molecule is Nc1ccc(C(=O)OCc2cccc(N)c2)cc1. The summed E-state index contributed by atoms with van der Waals surface area (Å²) in [7, 11) is 0. The summed E-state index contributed by atoms with van der Waals surface area (Å²) in [5.74, 6) is -0.377. The number of ether oxygens (including phenoxy) is 1. The van der Waals surface area contributed by atoms with E-state index in [9.17, 15) is 4.79 Å². The number of hydrogen-bond acceptors (Lipinski definition) is 4. The number of hydrogen-bond donors (Lipinski definition) is 2. The smallest absolute Gasteiger partial charge is 0.338 e. The van der Waals surface area contributed by atoms with Gasteiger partial charge in [-0.2, -0.15) is 0 Å². The monoisotopic (exact) mass is 242 g/mol. The highest BCUT2D eigenvalue weighted by atomic mass is 16.5. The van der Waals surface area contributed by atoms with Crippen LogP contribution in [0.5, 0.6) is 0 Å². The maximum Gasteiger partial charge on any atom is 0.338 e. The van der Waals surface area contributed by atoms with Crippen molar-refractivity contribution in [3.05, 3.63) is 59.7 Å². The minimum Gasteiger partial charge on any atom is -0.457 e. The second-order valence-corrected chi connectivity index (χ2v) is 3.94. The number of rotatable bonds is 3. The summed E-state index contributed by atoms with van der Waals surface area (Å²) < 4.78 is 5.17. The Morgan fingerprint density at radius 3 is 2.39 bits per heavy atom. The quantitative estimate of drug-likeness (QED) is 0.639. The van der Waals surface area contributed by atoms with Crippen LogP contribution in [-0.2, 0) is 11.3 Å². The topological polar surface area (TPSA) is 78.3 Å². The molecule has 0 radical (unpaired) electrons. The van der Waals surface area contributed by atoms with Crippen molar-refractivity contribution in [2.45, 2.75) is 6.61 Å². The van der Waals surface area contributed by atoms with Crippen molar-refractivity contribution in [1.82, 2.24) is 0 Å². The Balaban J connectivity index is 1.98. The van der Waals surface area contributed by atoms with E-state index < -0.39 is 0 Å². The molecule has 0 spiro atoms. The fraction of sp³-hybridized carbons (Fsp3) is 0.0714. The Labute approximate surface area is 105 Å². The van der Waals surface area contributed by atoms with Crippen LogP contribution in [0.15, 0.2) is 48.5 Å². The lowest BCUT2D eigenvalue weighted by atomic mass is 10.2. The van der Waals surface area contributed by atoms with E-state index in [-0.39, 0.29) is 12.6 Å². The largest absolute Gasteiger partial charge is 0.457 e.